The minimum absolute atomic E-state index is 0.603. The Kier molecular flexibility index (Phi) is 4.81. The predicted molar refractivity (Wildman–Crippen MR) is 75.4 cm³/mol. The molecule has 0 aliphatic heterocycles. The quantitative estimate of drug-likeness (QED) is 0.837. The van der Waals surface area contributed by atoms with Crippen LogP contribution in [0.3, 0.4) is 0 Å². The SMILES string of the molecule is CC(C)CNCc1cncn1C(C)C1CCCC1. The van der Waals surface area contributed by atoms with E-state index in [9.17, 15) is 0 Å². The van der Waals surface area contributed by atoms with Crippen LogP contribution in [0.15, 0.2) is 12.5 Å². The van der Waals surface area contributed by atoms with E-state index in [-0.39, 0.29) is 0 Å². The molecule has 0 spiro atoms. The standard InChI is InChI=1S/C15H27N3/c1-12(2)8-16-9-15-10-17-11-18(15)13(3)14-6-4-5-7-14/h10-14,16H,4-9H2,1-3H3. The molecule has 1 aromatic rings. The molecule has 3 heteroatoms. The Bertz CT molecular complexity index is 350. The van der Waals surface area contributed by atoms with Crippen LogP contribution in [-0.4, -0.2) is 16.1 Å². The van der Waals surface area contributed by atoms with E-state index in [1.807, 2.05) is 12.5 Å². The van der Waals surface area contributed by atoms with Crippen LogP contribution in [0.25, 0.3) is 0 Å². The van der Waals surface area contributed by atoms with Crippen molar-refractivity contribution >= 4 is 0 Å². The van der Waals surface area contributed by atoms with Gasteiger partial charge in [0.05, 0.1) is 12.0 Å². The van der Waals surface area contributed by atoms with Crippen molar-refractivity contribution in [2.24, 2.45) is 11.8 Å². The monoisotopic (exact) mass is 249 g/mol. The normalized spacial score (nSPS) is 18.7. The topological polar surface area (TPSA) is 29.9 Å². The minimum Gasteiger partial charge on any atom is -0.330 e. The maximum Gasteiger partial charge on any atom is 0.0951 e. The maximum absolute atomic E-state index is 4.34. The summed E-state index contributed by atoms with van der Waals surface area (Å²) in [6, 6.07) is 0.603. The van der Waals surface area contributed by atoms with E-state index >= 15 is 0 Å². The van der Waals surface area contributed by atoms with Gasteiger partial charge in [-0.05, 0) is 38.1 Å². The van der Waals surface area contributed by atoms with E-state index in [2.05, 4.69) is 35.6 Å². The lowest BCUT2D eigenvalue weighted by Crippen LogP contribution is -2.23. The first-order valence-corrected chi connectivity index (χ1v) is 7.40. The van der Waals surface area contributed by atoms with Gasteiger partial charge in [-0.3, -0.25) is 0 Å². The zero-order valence-corrected chi connectivity index (χ0v) is 12.0. The van der Waals surface area contributed by atoms with Crippen molar-refractivity contribution in [1.82, 2.24) is 14.9 Å². The van der Waals surface area contributed by atoms with Crippen molar-refractivity contribution in [3.05, 3.63) is 18.2 Å². The van der Waals surface area contributed by atoms with Crippen LogP contribution in [-0.2, 0) is 6.54 Å². The van der Waals surface area contributed by atoms with Gasteiger partial charge in [0.1, 0.15) is 0 Å². The highest BCUT2D eigenvalue weighted by Crippen LogP contribution is 2.34. The maximum atomic E-state index is 4.34. The summed E-state index contributed by atoms with van der Waals surface area (Å²) in [5.74, 6) is 1.55. The van der Waals surface area contributed by atoms with E-state index in [4.69, 9.17) is 0 Å². The van der Waals surface area contributed by atoms with Gasteiger partial charge in [0.2, 0.25) is 0 Å². The zero-order chi connectivity index (χ0) is 13.0. The fraction of sp³-hybridized carbons (Fsp3) is 0.800. The van der Waals surface area contributed by atoms with Crippen LogP contribution in [0.5, 0.6) is 0 Å². The fourth-order valence-electron chi connectivity index (χ4n) is 2.99. The summed E-state index contributed by atoms with van der Waals surface area (Å²) < 4.78 is 2.38. The van der Waals surface area contributed by atoms with Gasteiger partial charge in [-0.2, -0.15) is 0 Å². The zero-order valence-electron chi connectivity index (χ0n) is 12.0. The highest BCUT2D eigenvalue weighted by Gasteiger charge is 2.23. The molecule has 1 saturated carbocycles. The summed E-state index contributed by atoms with van der Waals surface area (Å²) in [6.45, 7) is 8.85. The summed E-state index contributed by atoms with van der Waals surface area (Å²) in [5.41, 5.74) is 1.33. The van der Waals surface area contributed by atoms with Crippen LogP contribution in [0.4, 0.5) is 0 Å². The predicted octanol–water partition coefficient (Wildman–Crippen LogP) is 3.38. The van der Waals surface area contributed by atoms with Crippen molar-refractivity contribution in [3.8, 4) is 0 Å². The average Bonchev–Trinajstić information content (AvgIpc) is 2.98. The van der Waals surface area contributed by atoms with E-state index in [0.29, 0.717) is 12.0 Å². The highest BCUT2D eigenvalue weighted by atomic mass is 15.1. The third-order valence-electron chi connectivity index (χ3n) is 4.13. The van der Waals surface area contributed by atoms with Gasteiger partial charge in [0, 0.05) is 18.8 Å². The van der Waals surface area contributed by atoms with Gasteiger partial charge in [-0.15, -0.1) is 0 Å². The first kappa shape index (κ1) is 13.6. The van der Waals surface area contributed by atoms with Crippen LogP contribution in [0, 0.1) is 11.8 Å². The number of hydrogen-bond acceptors (Lipinski definition) is 2. The van der Waals surface area contributed by atoms with Crippen LogP contribution < -0.4 is 5.32 Å². The molecule has 1 heterocycles. The third-order valence-corrected chi connectivity index (χ3v) is 4.13. The molecule has 0 aromatic carbocycles. The number of nitrogens with one attached hydrogen (secondary N) is 1. The minimum atomic E-state index is 0.603. The van der Waals surface area contributed by atoms with E-state index in [1.165, 1.54) is 31.4 Å². The molecule has 2 rings (SSSR count). The summed E-state index contributed by atoms with van der Waals surface area (Å²) in [6.07, 6.45) is 9.61. The molecule has 3 nitrogen and oxygen atoms in total. The van der Waals surface area contributed by atoms with Crippen molar-refractivity contribution in [1.29, 1.82) is 0 Å². The molecule has 1 N–H and O–H groups in total. The molecule has 1 fully saturated rings. The Morgan fingerprint density at radius 2 is 2.06 bits per heavy atom. The largest absolute Gasteiger partial charge is 0.330 e. The Hall–Kier alpha value is -0.830. The molecule has 18 heavy (non-hydrogen) atoms. The van der Waals surface area contributed by atoms with Gasteiger partial charge in [-0.25, -0.2) is 4.98 Å². The molecule has 0 saturated heterocycles. The van der Waals surface area contributed by atoms with Crippen LogP contribution in [0.1, 0.15) is 58.2 Å². The second kappa shape index (κ2) is 6.37. The van der Waals surface area contributed by atoms with E-state index in [1.54, 1.807) is 0 Å². The number of hydrogen-bond donors (Lipinski definition) is 1. The van der Waals surface area contributed by atoms with Crippen LogP contribution in [0.2, 0.25) is 0 Å². The Morgan fingerprint density at radius 1 is 1.33 bits per heavy atom. The molecule has 0 bridgehead atoms. The van der Waals surface area contributed by atoms with Crippen molar-refractivity contribution in [3.63, 3.8) is 0 Å². The number of imidazole rings is 1. The Balaban J connectivity index is 1.93. The molecule has 1 aliphatic rings. The molecular formula is C15H27N3. The van der Waals surface area contributed by atoms with Gasteiger partial charge >= 0.3 is 0 Å². The second-order valence-corrected chi connectivity index (χ2v) is 6.10. The van der Waals surface area contributed by atoms with E-state index in [0.717, 1.165) is 19.0 Å². The van der Waals surface area contributed by atoms with Crippen molar-refractivity contribution < 1.29 is 0 Å². The lowest BCUT2D eigenvalue weighted by molar-refractivity contribution is 0.350. The summed E-state index contributed by atoms with van der Waals surface area (Å²) in [5, 5.41) is 3.51. The lowest BCUT2D eigenvalue weighted by Gasteiger charge is -2.23. The van der Waals surface area contributed by atoms with Crippen LogP contribution >= 0.6 is 0 Å². The van der Waals surface area contributed by atoms with E-state index < -0.39 is 0 Å². The molecule has 1 aliphatic carbocycles. The molecule has 1 unspecified atom stereocenters. The lowest BCUT2D eigenvalue weighted by atomic mass is 9.99. The Morgan fingerprint density at radius 3 is 2.72 bits per heavy atom. The molecule has 0 radical (unpaired) electrons. The fourth-order valence-corrected chi connectivity index (χ4v) is 2.99. The van der Waals surface area contributed by atoms with Gasteiger partial charge < -0.3 is 9.88 Å². The molecule has 1 atom stereocenters. The Labute approximate surface area is 111 Å². The molecule has 1 aromatic heterocycles. The first-order valence-electron chi connectivity index (χ1n) is 7.40. The third kappa shape index (κ3) is 3.35. The smallest absolute Gasteiger partial charge is 0.0951 e. The van der Waals surface area contributed by atoms with Crippen molar-refractivity contribution in [2.75, 3.05) is 6.54 Å². The van der Waals surface area contributed by atoms with Gasteiger partial charge in [0.25, 0.3) is 0 Å². The highest BCUT2D eigenvalue weighted by molar-refractivity contribution is 5.01. The second-order valence-electron chi connectivity index (χ2n) is 6.10. The summed E-state index contributed by atoms with van der Waals surface area (Å²) in [4.78, 5) is 4.34. The number of rotatable bonds is 6. The average molecular weight is 249 g/mol. The molecule has 0 amide bonds. The summed E-state index contributed by atoms with van der Waals surface area (Å²) >= 11 is 0. The first-order chi connectivity index (χ1) is 8.68. The van der Waals surface area contributed by atoms with Crippen molar-refractivity contribution in [2.45, 2.75) is 59.0 Å². The summed E-state index contributed by atoms with van der Waals surface area (Å²) in [7, 11) is 0. The van der Waals surface area contributed by atoms with Gasteiger partial charge in [0.15, 0.2) is 0 Å². The van der Waals surface area contributed by atoms with Gasteiger partial charge in [-0.1, -0.05) is 26.7 Å². The molecular weight excluding hydrogens is 222 g/mol. The number of aromatic nitrogens is 2. The number of nitrogens with zero attached hydrogens (tertiary/aromatic N) is 2. The molecule has 102 valence electrons.